The van der Waals surface area contributed by atoms with E-state index in [9.17, 15) is 4.79 Å². The Hall–Kier alpha value is -1.93. The molecule has 3 N–H and O–H groups in total. The zero-order valence-corrected chi connectivity index (χ0v) is 16.9. The van der Waals surface area contributed by atoms with Gasteiger partial charge in [0.2, 0.25) is 0 Å². The Morgan fingerprint density at radius 3 is 2.78 bits per heavy atom. The summed E-state index contributed by atoms with van der Waals surface area (Å²) < 4.78 is 5.41. The lowest BCUT2D eigenvalue weighted by molar-refractivity contribution is 0.102. The summed E-state index contributed by atoms with van der Waals surface area (Å²) in [5, 5.41) is 8.02. The molecule has 0 aliphatic heterocycles. The molecule has 1 saturated carbocycles. The first kappa shape index (κ1) is 19.8. The van der Waals surface area contributed by atoms with Crippen molar-refractivity contribution in [2.45, 2.75) is 31.7 Å². The highest BCUT2D eigenvalue weighted by Gasteiger charge is 2.39. The minimum absolute atomic E-state index is 0. The topological polar surface area (TPSA) is 94.0 Å². The number of nitrogens with one attached hydrogen (secondary N) is 1. The maximum Gasteiger partial charge on any atom is 0.268 e. The van der Waals surface area contributed by atoms with Crippen LogP contribution in [-0.4, -0.2) is 16.0 Å². The van der Waals surface area contributed by atoms with Gasteiger partial charge in [-0.2, -0.15) is 4.98 Å². The molecule has 0 spiro atoms. The molecule has 1 aromatic carbocycles. The molecule has 0 unspecified atom stereocenters. The summed E-state index contributed by atoms with van der Waals surface area (Å²) in [6.07, 6.45) is 2.82. The average Bonchev–Trinajstić information content (AvgIpc) is 3.20. The molecule has 0 radical (unpaired) electrons. The monoisotopic (exact) mass is 424 g/mol. The Kier molecular flexibility index (Phi) is 5.58. The number of nitrogens with two attached hydrogens (primary N) is 1. The van der Waals surface area contributed by atoms with E-state index in [-0.39, 0.29) is 18.3 Å². The highest BCUT2D eigenvalue weighted by Crippen LogP contribution is 2.40. The third-order valence-electron chi connectivity index (χ3n) is 4.58. The second-order valence-electron chi connectivity index (χ2n) is 6.49. The molecule has 6 nitrogen and oxygen atoms in total. The van der Waals surface area contributed by atoms with Gasteiger partial charge in [-0.1, -0.05) is 28.9 Å². The molecule has 1 aliphatic rings. The molecular formula is C18H18Cl2N4O2S. The fourth-order valence-corrected chi connectivity index (χ4v) is 4.09. The number of amides is 1. The molecule has 2 heterocycles. The first-order chi connectivity index (χ1) is 12.5. The zero-order chi connectivity index (χ0) is 18.3. The first-order valence-electron chi connectivity index (χ1n) is 8.26. The highest BCUT2D eigenvalue weighted by atomic mass is 35.5. The van der Waals surface area contributed by atoms with Crippen LogP contribution in [0.2, 0.25) is 5.02 Å². The average molecular weight is 425 g/mol. The second kappa shape index (κ2) is 7.59. The third kappa shape index (κ3) is 3.73. The van der Waals surface area contributed by atoms with Crippen molar-refractivity contribution in [3.63, 3.8) is 0 Å². The molecule has 1 aliphatic carbocycles. The third-order valence-corrected chi connectivity index (χ3v) is 6.05. The van der Waals surface area contributed by atoms with E-state index in [0.29, 0.717) is 27.3 Å². The van der Waals surface area contributed by atoms with Gasteiger partial charge < -0.3 is 15.6 Å². The fraction of sp³-hybridized carbons (Fsp3) is 0.278. The number of hydrogen-bond donors (Lipinski definition) is 2. The predicted molar refractivity (Wildman–Crippen MR) is 109 cm³/mol. The van der Waals surface area contributed by atoms with E-state index in [2.05, 4.69) is 15.5 Å². The number of carbonyl (C=O) groups is 1. The number of benzene rings is 1. The summed E-state index contributed by atoms with van der Waals surface area (Å²) in [5.74, 6) is 0.718. The maximum absolute atomic E-state index is 12.4. The van der Waals surface area contributed by atoms with Crippen molar-refractivity contribution in [2.75, 3.05) is 5.32 Å². The van der Waals surface area contributed by atoms with Crippen molar-refractivity contribution in [3.8, 4) is 10.8 Å². The number of halogens is 2. The van der Waals surface area contributed by atoms with Gasteiger partial charge in [0.1, 0.15) is 0 Å². The molecule has 27 heavy (non-hydrogen) atoms. The Balaban J connectivity index is 0.00000210. The molecule has 1 fully saturated rings. The summed E-state index contributed by atoms with van der Waals surface area (Å²) in [6.45, 7) is 1.93. The second-order valence-corrected chi connectivity index (χ2v) is 7.95. The number of carbonyl (C=O) groups excluding carboxylic acids is 1. The summed E-state index contributed by atoms with van der Waals surface area (Å²) >= 11 is 7.46. The summed E-state index contributed by atoms with van der Waals surface area (Å²) in [6, 6.07) is 8.80. The van der Waals surface area contributed by atoms with Crippen molar-refractivity contribution >= 4 is 46.3 Å². The molecule has 0 atom stereocenters. The van der Waals surface area contributed by atoms with Crippen LogP contribution < -0.4 is 11.1 Å². The lowest BCUT2D eigenvalue weighted by atomic mass is 9.77. The minimum atomic E-state index is -0.464. The van der Waals surface area contributed by atoms with Crippen LogP contribution in [0.25, 0.3) is 10.8 Å². The number of aromatic nitrogens is 2. The van der Waals surface area contributed by atoms with Crippen LogP contribution >= 0.6 is 35.3 Å². The van der Waals surface area contributed by atoms with Crippen molar-refractivity contribution < 1.29 is 9.32 Å². The fourth-order valence-electron chi connectivity index (χ4n) is 2.88. The van der Waals surface area contributed by atoms with Gasteiger partial charge in [0.15, 0.2) is 5.82 Å². The first-order valence-corrected chi connectivity index (χ1v) is 9.45. The summed E-state index contributed by atoms with van der Waals surface area (Å²) in [5.41, 5.74) is 7.16. The molecule has 3 aromatic rings. The molecule has 0 saturated heterocycles. The van der Waals surface area contributed by atoms with Crippen molar-refractivity contribution in [3.05, 3.63) is 52.3 Å². The van der Waals surface area contributed by atoms with Crippen LogP contribution in [0.3, 0.4) is 0 Å². The van der Waals surface area contributed by atoms with Gasteiger partial charge in [-0.15, -0.1) is 23.7 Å². The van der Waals surface area contributed by atoms with Gasteiger partial charge >= 0.3 is 0 Å². The van der Waals surface area contributed by atoms with E-state index in [4.69, 9.17) is 21.9 Å². The van der Waals surface area contributed by atoms with E-state index in [0.717, 1.165) is 29.7 Å². The molecule has 9 heteroatoms. The van der Waals surface area contributed by atoms with Gasteiger partial charge in [-0.05, 0) is 49.9 Å². The van der Waals surface area contributed by atoms with Crippen LogP contribution in [0, 0.1) is 6.92 Å². The van der Waals surface area contributed by atoms with Gasteiger partial charge in [-0.25, -0.2) is 0 Å². The lowest BCUT2D eigenvalue weighted by Crippen LogP contribution is -2.44. The van der Waals surface area contributed by atoms with Crippen molar-refractivity contribution in [1.29, 1.82) is 0 Å². The Labute approximate surface area is 171 Å². The summed E-state index contributed by atoms with van der Waals surface area (Å²) in [4.78, 5) is 17.7. The molecule has 142 valence electrons. The molecule has 1 amide bonds. The van der Waals surface area contributed by atoms with E-state index in [1.54, 1.807) is 24.3 Å². The number of aryl methyl sites for hydroxylation is 1. The number of rotatable bonds is 4. The minimum Gasteiger partial charge on any atom is -0.333 e. The molecule has 2 aromatic heterocycles. The predicted octanol–water partition coefficient (Wildman–Crippen LogP) is 4.77. The zero-order valence-electron chi connectivity index (χ0n) is 14.5. The van der Waals surface area contributed by atoms with E-state index >= 15 is 0 Å². The smallest absolute Gasteiger partial charge is 0.268 e. The largest absolute Gasteiger partial charge is 0.333 e. The van der Waals surface area contributed by atoms with E-state index < -0.39 is 5.54 Å². The quantitative estimate of drug-likeness (QED) is 0.628. The van der Waals surface area contributed by atoms with E-state index in [1.165, 1.54) is 11.3 Å². The normalized spacial score (nSPS) is 14.9. The Bertz CT molecular complexity index is 981. The van der Waals surface area contributed by atoms with Crippen molar-refractivity contribution in [1.82, 2.24) is 10.1 Å². The standard InChI is InChI=1S/C18H17ClN4O2S.ClH/c1-10-9-13(21-15(24)11-5-2-3-6-12(11)19)26-14(10)16-22-17(23-25-16)18(20)7-4-8-18;/h2-3,5-6,9H,4,7-8,20H2,1H3,(H,21,24);1H. The van der Waals surface area contributed by atoms with Crippen LogP contribution in [0.1, 0.15) is 41.0 Å². The Morgan fingerprint density at radius 1 is 1.37 bits per heavy atom. The van der Waals surface area contributed by atoms with Crippen LogP contribution in [-0.2, 0) is 5.54 Å². The van der Waals surface area contributed by atoms with E-state index in [1.807, 2.05) is 13.0 Å². The summed E-state index contributed by atoms with van der Waals surface area (Å²) in [7, 11) is 0. The maximum atomic E-state index is 12.4. The van der Waals surface area contributed by atoms with Gasteiger partial charge in [0.25, 0.3) is 11.8 Å². The molecule has 0 bridgehead atoms. The molecule has 4 rings (SSSR count). The van der Waals surface area contributed by atoms with Gasteiger partial charge in [-0.3, -0.25) is 4.79 Å². The van der Waals surface area contributed by atoms with Crippen LogP contribution in [0.5, 0.6) is 0 Å². The number of hydrogen-bond acceptors (Lipinski definition) is 6. The SMILES string of the molecule is Cc1cc(NC(=O)c2ccccc2Cl)sc1-c1nc(C2(N)CCC2)no1.Cl. The number of anilines is 1. The highest BCUT2D eigenvalue weighted by molar-refractivity contribution is 7.19. The van der Waals surface area contributed by atoms with Crippen LogP contribution in [0.4, 0.5) is 5.00 Å². The Morgan fingerprint density at radius 2 is 2.11 bits per heavy atom. The number of thiophene rings is 1. The van der Waals surface area contributed by atoms with Crippen molar-refractivity contribution in [2.24, 2.45) is 5.73 Å². The molecular weight excluding hydrogens is 407 g/mol. The van der Waals surface area contributed by atoms with Gasteiger partial charge in [0.05, 0.1) is 26.0 Å². The lowest BCUT2D eigenvalue weighted by Gasteiger charge is -2.34. The number of nitrogens with zero attached hydrogens (tertiary/aromatic N) is 2. The van der Waals surface area contributed by atoms with Gasteiger partial charge in [0, 0.05) is 0 Å². The van der Waals surface area contributed by atoms with Crippen LogP contribution in [0.15, 0.2) is 34.9 Å².